The van der Waals surface area contributed by atoms with E-state index in [-0.39, 0.29) is 28.2 Å². The van der Waals surface area contributed by atoms with E-state index in [0.29, 0.717) is 0 Å². The summed E-state index contributed by atoms with van der Waals surface area (Å²) in [6.45, 7) is 17.4. The molecule has 1 aromatic heterocycles. The lowest BCUT2D eigenvalue weighted by molar-refractivity contribution is -0.120. The van der Waals surface area contributed by atoms with Gasteiger partial charge in [-0.2, -0.15) is 0 Å². The van der Waals surface area contributed by atoms with E-state index in [4.69, 9.17) is 0 Å². The van der Waals surface area contributed by atoms with E-state index in [9.17, 15) is 4.79 Å². The standard InChI is InChI=1S/C19H32N2OS/c1-9-10-11-13-12-21(17(2,3)4)23-16(13)20-15(22)14-18(5,6)19(14,7)8/h12,14H,9-11H2,1-8H3/b20-16-. The third kappa shape index (κ3) is 3.33. The third-order valence-electron chi connectivity index (χ3n) is 5.67. The number of aromatic nitrogens is 1. The van der Waals surface area contributed by atoms with Crippen LogP contribution in [0.2, 0.25) is 0 Å². The second kappa shape index (κ2) is 5.87. The molecule has 1 aliphatic carbocycles. The summed E-state index contributed by atoms with van der Waals surface area (Å²) in [5, 5.41) is 0. The van der Waals surface area contributed by atoms with E-state index in [2.05, 4.69) is 70.5 Å². The Bertz CT molecular complexity index is 642. The zero-order chi connectivity index (χ0) is 17.6. The van der Waals surface area contributed by atoms with Gasteiger partial charge in [0.2, 0.25) is 0 Å². The van der Waals surface area contributed by atoms with Crippen LogP contribution in [0.1, 0.15) is 73.8 Å². The molecular formula is C19H32N2OS. The summed E-state index contributed by atoms with van der Waals surface area (Å²) in [4.78, 5) is 17.3. The molecular weight excluding hydrogens is 304 g/mol. The molecule has 23 heavy (non-hydrogen) atoms. The molecule has 1 fully saturated rings. The molecule has 0 unspecified atom stereocenters. The number of unbranched alkanes of at least 4 members (excludes halogenated alkanes) is 1. The smallest absolute Gasteiger partial charge is 0.251 e. The summed E-state index contributed by atoms with van der Waals surface area (Å²) >= 11 is 1.62. The minimum atomic E-state index is 0.0283. The summed E-state index contributed by atoms with van der Waals surface area (Å²) in [6.07, 6.45) is 5.48. The molecule has 1 aromatic rings. The van der Waals surface area contributed by atoms with Crippen LogP contribution >= 0.6 is 11.5 Å². The fourth-order valence-corrected chi connectivity index (χ4v) is 4.36. The highest BCUT2D eigenvalue weighted by Crippen LogP contribution is 2.68. The fraction of sp³-hybridized carbons (Fsp3) is 0.789. The van der Waals surface area contributed by atoms with Crippen molar-refractivity contribution in [2.24, 2.45) is 21.7 Å². The molecule has 3 nitrogen and oxygen atoms in total. The van der Waals surface area contributed by atoms with Gasteiger partial charge in [0.15, 0.2) is 0 Å². The predicted octanol–water partition coefficient (Wildman–Crippen LogP) is 4.76. The monoisotopic (exact) mass is 336 g/mol. The minimum Gasteiger partial charge on any atom is -0.298 e. The average molecular weight is 337 g/mol. The molecule has 0 aliphatic heterocycles. The van der Waals surface area contributed by atoms with Crippen LogP contribution < -0.4 is 4.67 Å². The van der Waals surface area contributed by atoms with Crippen LogP contribution in [0, 0.1) is 16.7 Å². The zero-order valence-corrected chi connectivity index (χ0v) is 16.8. The maximum Gasteiger partial charge on any atom is 0.251 e. The van der Waals surface area contributed by atoms with Crippen LogP contribution in [0.3, 0.4) is 0 Å². The number of carbonyl (C=O) groups excluding carboxylic acids is 1. The number of rotatable bonds is 4. The fourth-order valence-electron chi connectivity index (χ4n) is 3.31. The Balaban J connectivity index is 2.37. The highest BCUT2D eigenvalue weighted by molar-refractivity contribution is 7.04. The van der Waals surface area contributed by atoms with Gasteiger partial charge >= 0.3 is 0 Å². The molecule has 1 saturated carbocycles. The maximum absolute atomic E-state index is 12.7. The average Bonchev–Trinajstić information content (AvgIpc) is 2.71. The van der Waals surface area contributed by atoms with E-state index in [1.54, 1.807) is 11.5 Å². The molecule has 2 rings (SSSR count). The molecule has 4 heteroatoms. The first-order chi connectivity index (χ1) is 10.4. The lowest BCUT2D eigenvalue weighted by Gasteiger charge is -2.19. The number of aryl methyl sites for hydroxylation is 1. The molecule has 1 aliphatic rings. The maximum atomic E-state index is 12.7. The lowest BCUT2D eigenvalue weighted by Crippen LogP contribution is -2.18. The van der Waals surface area contributed by atoms with E-state index in [1.165, 1.54) is 5.56 Å². The Morgan fingerprint density at radius 1 is 1.26 bits per heavy atom. The van der Waals surface area contributed by atoms with Crippen LogP contribution in [-0.2, 0) is 16.8 Å². The van der Waals surface area contributed by atoms with Gasteiger partial charge in [0.05, 0.1) is 5.92 Å². The van der Waals surface area contributed by atoms with Crippen molar-refractivity contribution in [3.05, 3.63) is 16.4 Å². The Kier molecular flexibility index (Phi) is 4.71. The van der Waals surface area contributed by atoms with Crippen LogP contribution in [0.15, 0.2) is 11.2 Å². The van der Waals surface area contributed by atoms with Gasteiger partial charge in [-0.15, -0.1) is 0 Å². The van der Waals surface area contributed by atoms with Crippen molar-refractivity contribution in [3.63, 3.8) is 0 Å². The summed E-state index contributed by atoms with van der Waals surface area (Å²) in [6, 6.07) is 0. The van der Waals surface area contributed by atoms with Gasteiger partial charge in [0.25, 0.3) is 5.91 Å². The van der Waals surface area contributed by atoms with Crippen LogP contribution in [0.25, 0.3) is 0 Å². The first-order valence-corrected chi connectivity index (χ1v) is 9.51. The summed E-state index contributed by atoms with van der Waals surface area (Å²) < 4.78 is 3.14. The molecule has 130 valence electrons. The number of amides is 1. The number of hydrogen-bond acceptors (Lipinski definition) is 2. The molecule has 0 spiro atoms. The van der Waals surface area contributed by atoms with Gasteiger partial charge in [-0.05, 0) is 56.0 Å². The quantitative estimate of drug-likeness (QED) is 0.781. The van der Waals surface area contributed by atoms with E-state index < -0.39 is 0 Å². The minimum absolute atomic E-state index is 0.0283. The first-order valence-electron chi connectivity index (χ1n) is 8.74. The highest BCUT2D eigenvalue weighted by atomic mass is 32.1. The molecule has 0 N–H and O–H groups in total. The number of carbonyl (C=O) groups is 1. The normalized spacial score (nSPS) is 20.8. The van der Waals surface area contributed by atoms with Gasteiger partial charge in [-0.1, -0.05) is 41.0 Å². The van der Waals surface area contributed by atoms with Gasteiger partial charge in [0, 0.05) is 17.3 Å². The third-order valence-corrected chi connectivity index (χ3v) is 7.05. The molecule has 1 heterocycles. The van der Waals surface area contributed by atoms with Gasteiger partial charge in [0.1, 0.15) is 4.67 Å². The molecule has 1 amide bonds. The summed E-state index contributed by atoms with van der Waals surface area (Å²) in [7, 11) is 0. The summed E-state index contributed by atoms with van der Waals surface area (Å²) in [5.74, 6) is 0.0971. The van der Waals surface area contributed by atoms with Crippen molar-refractivity contribution in [2.75, 3.05) is 0 Å². The van der Waals surface area contributed by atoms with Crippen molar-refractivity contribution in [3.8, 4) is 0 Å². The van der Waals surface area contributed by atoms with Gasteiger partial charge in [-0.3, -0.25) is 8.75 Å². The molecule has 0 atom stereocenters. The number of hydrogen-bond donors (Lipinski definition) is 0. The van der Waals surface area contributed by atoms with Crippen molar-refractivity contribution in [2.45, 2.75) is 80.2 Å². The summed E-state index contributed by atoms with van der Waals surface area (Å²) in [5.41, 5.74) is 1.35. The Labute approximate surface area is 145 Å². The Morgan fingerprint density at radius 3 is 2.26 bits per heavy atom. The van der Waals surface area contributed by atoms with Gasteiger partial charge in [-0.25, -0.2) is 4.99 Å². The Morgan fingerprint density at radius 2 is 1.83 bits per heavy atom. The predicted molar refractivity (Wildman–Crippen MR) is 97.5 cm³/mol. The zero-order valence-electron chi connectivity index (χ0n) is 16.0. The van der Waals surface area contributed by atoms with Crippen molar-refractivity contribution in [1.82, 2.24) is 3.96 Å². The molecule has 0 saturated heterocycles. The van der Waals surface area contributed by atoms with Crippen LogP contribution in [0.5, 0.6) is 0 Å². The van der Waals surface area contributed by atoms with E-state index >= 15 is 0 Å². The molecule has 0 bridgehead atoms. The van der Waals surface area contributed by atoms with Crippen molar-refractivity contribution >= 4 is 17.4 Å². The van der Waals surface area contributed by atoms with E-state index in [0.717, 1.165) is 23.9 Å². The highest BCUT2D eigenvalue weighted by Gasteiger charge is 2.68. The largest absolute Gasteiger partial charge is 0.298 e. The Hall–Kier alpha value is -0.900. The van der Waals surface area contributed by atoms with E-state index in [1.807, 2.05) is 0 Å². The second-order valence-electron chi connectivity index (χ2n) is 8.98. The molecule has 0 radical (unpaired) electrons. The lowest BCUT2D eigenvalue weighted by atomic mass is 10.0. The van der Waals surface area contributed by atoms with Crippen LogP contribution in [-0.4, -0.2) is 9.86 Å². The topological polar surface area (TPSA) is 34.4 Å². The second-order valence-corrected chi connectivity index (χ2v) is 9.94. The molecule has 0 aromatic carbocycles. The van der Waals surface area contributed by atoms with Gasteiger partial charge < -0.3 is 0 Å². The van der Waals surface area contributed by atoms with Crippen LogP contribution in [0.4, 0.5) is 0 Å². The van der Waals surface area contributed by atoms with Crippen molar-refractivity contribution < 1.29 is 4.79 Å². The first kappa shape index (κ1) is 18.4. The SMILES string of the molecule is CCCCc1cn(C(C)(C)C)s/c1=N\C(=O)C1C(C)(C)C1(C)C. The van der Waals surface area contributed by atoms with Crippen molar-refractivity contribution in [1.29, 1.82) is 0 Å². The number of nitrogens with zero attached hydrogens (tertiary/aromatic N) is 2.